The maximum absolute atomic E-state index is 16.4. The number of aliphatic carboxylic acids is 1. The summed E-state index contributed by atoms with van der Waals surface area (Å²) in [4.78, 5) is 95.8. The number of hydrogen-bond acceptors (Lipinski definition) is 8. The molecule has 0 bridgehead atoms. The summed E-state index contributed by atoms with van der Waals surface area (Å²) in [6, 6.07) is 14.0. The number of aromatic nitrogens is 2. The summed E-state index contributed by atoms with van der Waals surface area (Å²) >= 11 is 12.9. The van der Waals surface area contributed by atoms with E-state index in [2.05, 4.69) is 21.3 Å². The summed E-state index contributed by atoms with van der Waals surface area (Å²) in [5.41, 5.74) is 1.40. The number of nitrogens with zero attached hydrogens (tertiary/aromatic N) is 3. The molecule has 5 N–H and O–H groups in total. The van der Waals surface area contributed by atoms with Gasteiger partial charge in [0.1, 0.15) is 17.3 Å². The van der Waals surface area contributed by atoms with Crippen molar-refractivity contribution in [2.75, 3.05) is 18.4 Å². The van der Waals surface area contributed by atoms with Gasteiger partial charge in [-0.25, -0.2) is 9.18 Å². The van der Waals surface area contributed by atoms with E-state index >= 15 is 4.39 Å². The van der Waals surface area contributed by atoms with Crippen molar-refractivity contribution in [3.05, 3.63) is 97.6 Å². The van der Waals surface area contributed by atoms with Crippen molar-refractivity contribution in [1.29, 1.82) is 0 Å². The number of unbranched alkanes of at least 4 members (excludes halogenated alkanes) is 4. The number of likely N-dealkylation sites (tertiary alicyclic amines) is 1. The van der Waals surface area contributed by atoms with Gasteiger partial charge in [-0.2, -0.15) is 0 Å². The van der Waals surface area contributed by atoms with Gasteiger partial charge in [0.25, 0.3) is 0 Å². The summed E-state index contributed by atoms with van der Waals surface area (Å²) in [6.07, 6.45) is 12.0. The number of imidazole rings is 1. The monoisotopic (exact) mass is 1040 g/mol. The SMILES string of the molecule is O=C(O)CCCCCCCn1c(=O)n(C2CCC(=O)NC2=O)c2ccc(C3CCN(C(=O)C4CCC(NC(=O)[C@@H]5NC6(CCCCC6)[C@@]6(C(=O)Nc7cc(Cl)ccc76)[C@H]5c5cccc(Cl)c5F)CC4)CC3)cc21. The zero-order valence-electron chi connectivity index (χ0n) is 41.0. The normalized spacial score (nSPS) is 26.0. The standard InChI is InChI=1S/C55H64Cl2FN7O8/c56-35-16-19-38-40(31-35)60-52(72)55(38)46(37-10-9-11-39(57)47(37)58)48(62-54(55)25-6-4-7-26-54)50(70)59-36-17-13-33(14-18-36)51(71)63-28-23-32(24-29-63)34-15-20-41-43(30-34)64(27-8-3-1-2-5-12-45(67)68)53(73)65(41)42-21-22-44(66)61-49(42)69/h9-11,15-16,19-20,30-33,36,42,46,48,62H,1-8,12-14,17-18,21-29H2,(H,59,70)(H,60,72)(H,67,68)(H,61,66,69)/t33?,36?,42?,46-,48+,55+/m0/s1. The number of fused-ring (bicyclic) bond motifs is 4. The Bertz CT molecular complexity index is 2900. The lowest BCUT2D eigenvalue weighted by atomic mass is 9.55. The highest BCUT2D eigenvalue weighted by molar-refractivity contribution is 6.31. The maximum Gasteiger partial charge on any atom is 0.329 e. The molecule has 2 saturated carbocycles. The lowest BCUT2D eigenvalue weighted by molar-refractivity contribution is -0.138. The molecule has 73 heavy (non-hydrogen) atoms. The minimum absolute atomic E-state index is 0.0853. The van der Waals surface area contributed by atoms with Crippen LogP contribution >= 0.6 is 23.2 Å². The number of carbonyl (C=O) groups excluding carboxylic acids is 5. The van der Waals surface area contributed by atoms with E-state index in [0.717, 1.165) is 62.4 Å². The molecule has 0 radical (unpaired) electrons. The van der Waals surface area contributed by atoms with Crippen LogP contribution in [0.1, 0.15) is 157 Å². The van der Waals surface area contributed by atoms with Gasteiger partial charge in [0.15, 0.2) is 0 Å². The number of aryl methyl sites for hydroxylation is 1. The molecule has 388 valence electrons. The van der Waals surface area contributed by atoms with Crippen molar-refractivity contribution in [1.82, 2.24) is 30.0 Å². The van der Waals surface area contributed by atoms with Crippen molar-refractivity contribution in [3.63, 3.8) is 0 Å². The molecule has 5 amide bonds. The summed E-state index contributed by atoms with van der Waals surface area (Å²) in [6.45, 7) is 1.58. The fourth-order valence-corrected chi connectivity index (χ4v) is 14.1. The fraction of sp³-hybridized carbons (Fsp3) is 0.545. The third kappa shape index (κ3) is 9.38. The van der Waals surface area contributed by atoms with Crippen LogP contribution in [0.5, 0.6) is 0 Å². The molecule has 5 fully saturated rings. The zero-order chi connectivity index (χ0) is 51.2. The van der Waals surface area contributed by atoms with Crippen LogP contribution in [0.4, 0.5) is 10.1 Å². The van der Waals surface area contributed by atoms with Crippen LogP contribution in [0.2, 0.25) is 10.0 Å². The fourth-order valence-electron chi connectivity index (χ4n) is 13.8. The van der Waals surface area contributed by atoms with E-state index in [1.54, 1.807) is 28.8 Å². The molecule has 5 heterocycles. The molecule has 15 nitrogen and oxygen atoms in total. The molecule has 3 saturated heterocycles. The van der Waals surface area contributed by atoms with Crippen LogP contribution in [0.25, 0.3) is 11.0 Å². The van der Waals surface area contributed by atoms with Crippen molar-refractivity contribution < 1.29 is 38.3 Å². The Morgan fingerprint density at radius 3 is 2.29 bits per heavy atom. The van der Waals surface area contributed by atoms with Crippen molar-refractivity contribution in [3.8, 4) is 0 Å². The Morgan fingerprint density at radius 2 is 1.55 bits per heavy atom. The summed E-state index contributed by atoms with van der Waals surface area (Å²) in [7, 11) is 0. The van der Waals surface area contributed by atoms with Crippen LogP contribution < -0.4 is 27.0 Å². The second kappa shape index (κ2) is 21.0. The van der Waals surface area contributed by atoms with E-state index in [-0.39, 0.29) is 77.0 Å². The van der Waals surface area contributed by atoms with Crippen LogP contribution in [0, 0.1) is 11.7 Å². The quantitative estimate of drug-likeness (QED) is 0.0608. The molecular formula is C55H64Cl2FN7O8. The number of hydrogen-bond donors (Lipinski definition) is 5. The van der Waals surface area contributed by atoms with Crippen LogP contribution in [0.15, 0.2) is 59.4 Å². The Hall–Kier alpha value is -5.58. The Morgan fingerprint density at radius 1 is 0.808 bits per heavy atom. The van der Waals surface area contributed by atoms with Crippen LogP contribution in [-0.4, -0.2) is 85.4 Å². The number of carboxylic acids is 1. The number of rotatable bonds is 14. The first-order chi connectivity index (χ1) is 35.2. The van der Waals surface area contributed by atoms with Crippen molar-refractivity contribution in [2.45, 2.75) is 169 Å². The highest BCUT2D eigenvalue weighted by Gasteiger charge is 2.72. The van der Waals surface area contributed by atoms with Gasteiger partial charge >= 0.3 is 11.7 Å². The van der Waals surface area contributed by atoms with E-state index in [4.69, 9.17) is 28.3 Å². The van der Waals surface area contributed by atoms with E-state index < -0.39 is 46.6 Å². The first-order valence-electron chi connectivity index (χ1n) is 26.4. The van der Waals surface area contributed by atoms with Crippen molar-refractivity contribution in [2.24, 2.45) is 5.92 Å². The zero-order valence-corrected chi connectivity index (χ0v) is 42.5. The Balaban J connectivity index is 0.800. The number of anilines is 1. The van der Waals surface area contributed by atoms with E-state index in [9.17, 15) is 33.6 Å². The van der Waals surface area contributed by atoms with Gasteiger partial charge in [-0.1, -0.05) is 86.0 Å². The molecule has 6 aliphatic rings. The highest BCUT2D eigenvalue weighted by atomic mass is 35.5. The predicted octanol–water partition coefficient (Wildman–Crippen LogP) is 8.38. The van der Waals surface area contributed by atoms with Gasteiger partial charge < -0.3 is 20.6 Å². The highest BCUT2D eigenvalue weighted by Crippen LogP contribution is 2.63. The number of halogens is 3. The molecule has 4 atom stereocenters. The maximum atomic E-state index is 16.4. The molecule has 1 unspecified atom stereocenters. The summed E-state index contributed by atoms with van der Waals surface area (Å²) in [5, 5.41) is 21.8. The number of carboxylic acid groups (broad SMARTS) is 1. The number of benzene rings is 3. The predicted molar refractivity (Wildman–Crippen MR) is 274 cm³/mol. The van der Waals surface area contributed by atoms with Gasteiger partial charge in [-0.3, -0.25) is 48.5 Å². The first-order valence-corrected chi connectivity index (χ1v) is 27.2. The van der Waals surface area contributed by atoms with Gasteiger partial charge in [0.2, 0.25) is 29.5 Å². The lowest BCUT2D eigenvalue weighted by Crippen LogP contribution is -2.60. The number of imide groups is 1. The van der Waals surface area contributed by atoms with Crippen LogP contribution in [0.3, 0.4) is 0 Å². The minimum Gasteiger partial charge on any atom is -0.481 e. The molecule has 1 aromatic heterocycles. The molecule has 4 aromatic rings. The van der Waals surface area contributed by atoms with E-state index in [1.807, 2.05) is 29.2 Å². The molecule has 4 aliphatic heterocycles. The second-order valence-electron chi connectivity index (χ2n) is 21.4. The first kappa shape index (κ1) is 50.9. The Kier molecular flexibility index (Phi) is 14.6. The average Bonchev–Trinajstić information content (AvgIpc) is 3.95. The number of nitrogens with one attached hydrogen (secondary N) is 4. The Labute approximate surface area is 433 Å². The second-order valence-corrected chi connectivity index (χ2v) is 22.3. The van der Waals surface area contributed by atoms with Gasteiger partial charge in [0, 0.05) is 66.6 Å². The number of carbonyl (C=O) groups is 6. The molecule has 2 spiro atoms. The average molecular weight is 1040 g/mol. The third-order valence-corrected chi connectivity index (χ3v) is 17.8. The van der Waals surface area contributed by atoms with Gasteiger partial charge in [-0.05, 0) is 124 Å². The molecular weight excluding hydrogens is 977 g/mol. The number of piperidine rings is 2. The molecule has 2 aliphatic carbocycles. The van der Waals surface area contributed by atoms with Crippen LogP contribution in [-0.2, 0) is 40.7 Å². The topological polar surface area (TPSA) is 201 Å². The van der Waals surface area contributed by atoms with Crippen molar-refractivity contribution >= 4 is 75.4 Å². The molecule has 18 heteroatoms. The third-order valence-electron chi connectivity index (χ3n) is 17.3. The smallest absolute Gasteiger partial charge is 0.329 e. The van der Waals surface area contributed by atoms with Gasteiger partial charge in [0.05, 0.1) is 22.1 Å². The van der Waals surface area contributed by atoms with E-state index in [1.165, 1.54) is 10.6 Å². The van der Waals surface area contributed by atoms with E-state index in [0.29, 0.717) is 92.8 Å². The van der Waals surface area contributed by atoms with Gasteiger partial charge in [-0.15, -0.1) is 0 Å². The number of amides is 5. The minimum atomic E-state index is -1.33. The summed E-state index contributed by atoms with van der Waals surface area (Å²) < 4.78 is 19.7. The largest absolute Gasteiger partial charge is 0.481 e. The molecule has 3 aromatic carbocycles. The summed E-state index contributed by atoms with van der Waals surface area (Å²) in [5.74, 6) is -3.80. The lowest BCUT2D eigenvalue weighted by Gasteiger charge is -2.47. The molecule has 10 rings (SSSR count).